The molecule has 0 aromatic carbocycles. The maximum atomic E-state index is 11.4. The van der Waals surface area contributed by atoms with Gasteiger partial charge in [-0.05, 0) is 52.9 Å². The molecule has 0 rings (SSSR count). The van der Waals surface area contributed by atoms with Gasteiger partial charge in [-0.3, -0.25) is 4.79 Å². The molecule has 3 heteroatoms. The number of nitrogens with zero attached hydrogens (tertiary/aromatic N) is 1. The first-order valence-corrected chi connectivity index (χ1v) is 6.67. The molecule has 0 unspecified atom stereocenters. The molecule has 0 heterocycles. The van der Waals surface area contributed by atoms with Crippen molar-refractivity contribution in [3.05, 3.63) is 12.2 Å². The van der Waals surface area contributed by atoms with Gasteiger partial charge in [-0.2, -0.15) is 5.26 Å². The fourth-order valence-electron chi connectivity index (χ4n) is 1.28. The molecule has 0 aliphatic rings. The summed E-state index contributed by atoms with van der Waals surface area (Å²) in [5.74, 6) is -0.130. The largest absolute Gasteiger partial charge is 0.465 e. The van der Waals surface area contributed by atoms with Gasteiger partial charge >= 0.3 is 5.97 Å². The molecule has 0 fully saturated rings. The fourth-order valence-corrected chi connectivity index (χ4v) is 1.28. The molecule has 0 aromatic rings. The third-order valence-corrected chi connectivity index (χ3v) is 2.44. The van der Waals surface area contributed by atoms with Crippen molar-refractivity contribution in [2.45, 2.75) is 59.3 Å². The van der Waals surface area contributed by atoms with E-state index in [0.717, 1.165) is 32.1 Å². The van der Waals surface area contributed by atoms with Gasteiger partial charge in [-0.25, -0.2) is 0 Å². The predicted molar refractivity (Wildman–Crippen MR) is 72.9 cm³/mol. The first kappa shape index (κ1) is 16.7. The molecule has 0 aliphatic carbocycles. The van der Waals surface area contributed by atoms with Crippen molar-refractivity contribution in [1.29, 1.82) is 5.26 Å². The summed E-state index contributed by atoms with van der Waals surface area (Å²) in [7, 11) is 0. The molecule has 0 spiro atoms. The van der Waals surface area contributed by atoms with Crippen LogP contribution in [0.25, 0.3) is 0 Å². The highest BCUT2D eigenvalue weighted by molar-refractivity contribution is 5.75. The fraction of sp³-hybridized carbons (Fsp3) is 0.733. The number of rotatable bonds is 8. The Bertz CT molecular complexity index is 295. The van der Waals surface area contributed by atoms with Crippen LogP contribution in [-0.2, 0) is 9.53 Å². The maximum absolute atomic E-state index is 11.4. The van der Waals surface area contributed by atoms with Gasteiger partial charge in [0.25, 0.3) is 0 Å². The topological polar surface area (TPSA) is 50.1 Å². The molecule has 0 atom stereocenters. The number of ether oxygens (including phenoxy) is 1. The van der Waals surface area contributed by atoms with Crippen LogP contribution in [0.1, 0.15) is 59.3 Å². The molecule has 0 amide bonds. The summed E-state index contributed by atoms with van der Waals surface area (Å²) in [5.41, 5.74) is -0.402. The molecule has 18 heavy (non-hydrogen) atoms. The average Bonchev–Trinajstić information content (AvgIpc) is 2.30. The van der Waals surface area contributed by atoms with Crippen molar-refractivity contribution in [3.8, 4) is 6.07 Å². The van der Waals surface area contributed by atoms with Crippen molar-refractivity contribution in [2.75, 3.05) is 6.61 Å². The molecule has 0 aliphatic heterocycles. The third-order valence-electron chi connectivity index (χ3n) is 2.44. The van der Waals surface area contributed by atoms with Crippen LogP contribution in [0.15, 0.2) is 12.2 Å². The summed E-state index contributed by atoms with van der Waals surface area (Å²) in [4.78, 5) is 11.4. The normalized spacial score (nSPS) is 11.4. The van der Waals surface area contributed by atoms with Crippen LogP contribution in [-0.4, -0.2) is 12.6 Å². The number of hydrogen-bond acceptors (Lipinski definition) is 3. The lowest BCUT2D eigenvalue weighted by molar-refractivity contribution is -0.153. The highest BCUT2D eigenvalue weighted by atomic mass is 16.5. The lowest BCUT2D eigenvalue weighted by Gasteiger charge is -2.16. The summed E-state index contributed by atoms with van der Waals surface area (Å²) >= 11 is 0. The summed E-state index contributed by atoms with van der Waals surface area (Å²) in [5, 5.41) is 8.35. The Morgan fingerprint density at radius 3 is 2.33 bits per heavy atom. The predicted octanol–water partition coefficient (Wildman–Crippen LogP) is 4.00. The minimum Gasteiger partial charge on any atom is -0.465 e. The van der Waals surface area contributed by atoms with E-state index in [2.05, 4.69) is 18.2 Å². The molecule has 0 radical (unpaired) electrons. The van der Waals surface area contributed by atoms with Gasteiger partial charge in [-0.1, -0.05) is 12.2 Å². The van der Waals surface area contributed by atoms with Crippen LogP contribution in [0, 0.1) is 16.7 Å². The lowest BCUT2D eigenvalue weighted by Crippen LogP contribution is -2.23. The first-order valence-electron chi connectivity index (χ1n) is 6.67. The molecule has 0 aromatic heterocycles. The monoisotopic (exact) mass is 251 g/mol. The second kappa shape index (κ2) is 9.70. The van der Waals surface area contributed by atoms with Gasteiger partial charge in [0.1, 0.15) is 0 Å². The van der Waals surface area contributed by atoms with Gasteiger partial charge in [0.05, 0.1) is 18.1 Å². The van der Waals surface area contributed by atoms with E-state index in [1.807, 2.05) is 20.8 Å². The van der Waals surface area contributed by atoms with Crippen LogP contribution in [0.2, 0.25) is 0 Å². The molecule has 0 N–H and O–H groups in total. The first-order chi connectivity index (χ1) is 8.48. The third kappa shape index (κ3) is 9.89. The van der Waals surface area contributed by atoms with Gasteiger partial charge in [0.15, 0.2) is 0 Å². The van der Waals surface area contributed by atoms with Crippen LogP contribution in [0.5, 0.6) is 0 Å². The van der Waals surface area contributed by atoms with E-state index >= 15 is 0 Å². The Morgan fingerprint density at radius 1 is 1.17 bits per heavy atom. The SMILES string of the molecule is CC(C)(C)C(=O)OCCCC/C=C/CCCC#N. The number of hydrogen-bond donors (Lipinski definition) is 0. The maximum Gasteiger partial charge on any atom is 0.311 e. The zero-order valence-electron chi connectivity index (χ0n) is 11.9. The van der Waals surface area contributed by atoms with E-state index in [9.17, 15) is 4.79 Å². The van der Waals surface area contributed by atoms with Crippen molar-refractivity contribution in [2.24, 2.45) is 5.41 Å². The van der Waals surface area contributed by atoms with Crippen LogP contribution in [0.3, 0.4) is 0 Å². The highest BCUT2D eigenvalue weighted by Crippen LogP contribution is 2.15. The van der Waals surface area contributed by atoms with Crippen LogP contribution < -0.4 is 0 Å². The zero-order valence-corrected chi connectivity index (χ0v) is 11.9. The Labute approximate surface area is 111 Å². The Balaban J connectivity index is 3.37. The minimum absolute atomic E-state index is 0.130. The van der Waals surface area contributed by atoms with Crippen molar-refractivity contribution in [3.63, 3.8) is 0 Å². The summed E-state index contributed by atoms with van der Waals surface area (Å²) in [6.45, 7) is 6.09. The number of allylic oxidation sites excluding steroid dienone is 2. The summed E-state index contributed by atoms with van der Waals surface area (Å²) in [6.07, 6.45) is 9.77. The number of esters is 1. The van der Waals surface area contributed by atoms with E-state index < -0.39 is 5.41 Å². The molecule has 0 saturated carbocycles. The number of nitriles is 1. The van der Waals surface area contributed by atoms with Gasteiger partial charge in [0.2, 0.25) is 0 Å². The van der Waals surface area contributed by atoms with Crippen molar-refractivity contribution >= 4 is 5.97 Å². The van der Waals surface area contributed by atoms with E-state index in [1.165, 1.54) is 0 Å². The number of carbonyl (C=O) groups excluding carboxylic acids is 1. The Kier molecular flexibility index (Phi) is 9.00. The van der Waals surface area contributed by atoms with E-state index in [4.69, 9.17) is 10.00 Å². The second-order valence-electron chi connectivity index (χ2n) is 5.40. The average molecular weight is 251 g/mol. The van der Waals surface area contributed by atoms with E-state index in [0.29, 0.717) is 13.0 Å². The number of carbonyl (C=O) groups is 1. The molecule has 0 saturated heterocycles. The Morgan fingerprint density at radius 2 is 1.78 bits per heavy atom. The van der Waals surface area contributed by atoms with Crippen LogP contribution >= 0.6 is 0 Å². The van der Waals surface area contributed by atoms with Gasteiger partial charge < -0.3 is 4.74 Å². The summed E-state index contributed by atoms with van der Waals surface area (Å²) in [6, 6.07) is 2.13. The zero-order chi connectivity index (χ0) is 13.9. The molecule has 3 nitrogen and oxygen atoms in total. The van der Waals surface area contributed by atoms with E-state index in [-0.39, 0.29) is 5.97 Å². The van der Waals surface area contributed by atoms with Crippen molar-refractivity contribution < 1.29 is 9.53 Å². The Hall–Kier alpha value is -1.30. The molecule has 0 bridgehead atoms. The smallest absolute Gasteiger partial charge is 0.311 e. The lowest BCUT2D eigenvalue weighted by atomic mass is 9.97. The van der Waals surface area contributed by atoms with Crippen LogP contribution in [0.4, 0.5) is 0 Å². The number of unbranched alkanes of at least 4 members (excludes halogenated alkanes) is 4. The quantitative estimate of drug-likeness (QED) is 0.372. The molecular weight excluding hydrogens is 226 g/mol. The van der Waals surface area contributed by atoms with Gasteiger partial charge in [0, 0.05) is 6.42 Å². The minimum atomic E-state index is -0.402. The van der Waals surface area contributed by atoms with Crippen molar-refractivity contribution in [1.82, 2.24) is 0 Å². The standard InChI is InChI=1S/C15H25NO2/c1-15(2,3)14(17)18-13-11-9-7-5-4-6-8-10-12-16/h4-5H,6-11,13H2,1-3H3/b5-4+. The molecule has 102 valence electrons. The molecular formula is C15H25NO2. The van der Waals surface area contributed by atoms with E-state index in [1.54, 1.807) is 0 Å². The second-order valence-corrected chi connectivity index (χ2v) is 5.40. The highest BCUT2D eigenvalue weighted by Gasteiger charge is 2.22. The summed E-state index contributed by atoms with van der Waals surface area (Å²) < 4.78 is 5.17. The van der Waals surface area contributed by atoms with Gasteiger partial charge in [-0.15, -0.1) is 0 Å².